The van der Waals surface area contributed by atoms with Gasteiger partial charge in [0.2, 0.25) is 0 Å². The van der Waals surface area contributed by atoms with Crippen molar-refractivity contribution in [2.45, 2.75) is 46.1 Å². The van der Waals surface area contributed by atoms with Gasteiger partial charge in [-0.15, -0.1) is 0 Å². The summed E-state index contributed by atoms with van der Waals surface area (Å²) in [6.45, 7) is 10.6. The highest BCUT2D eigenvalue weighted by atomic mass is 15.2. The highest BCUT2D eigenvalue weighted by Crippen LogP contribution is 2.28. The minimum absolute atomic E-state index is 0.0458. The van der Waals surface area contributed by atoms with E-state index in [-0.39, 0.29) is 5.54 Å². The number of hydrogen-bond donors (Lipinski definition) is 2. The molecule has 0 atom stereocenters. The Morgan fingerprint density at radius 1 is 1.44 bits per heavy atom. The van der Waals surface area contributed by atoms with Crippen LogP contribution in [0.25, 0.3) is 5.65 Å². The molecule has 0 aliphatic heterocycles. The standard InChI is InChI=1S/C13H19N5/c1-8(2)10-12(17-13(3,4)5)18-7-15-9(6-14)11(18)16-10/h7-8,16-17H,1-5H3. The normalized spacial score (nSPS) is 12.1. The van der Waals surface area contributed by atoms with Crippen LogP contribution >= 0.6 is 0 Å². The largest absolute Gasteiger partial charge is 0.365 e. The van der Waals surface area contributed by atoms with Gasteiger partial charge >= 0.3 is 0 Å². The molecule has 0 saturated carbocycles. The number of H-pyrrole nitrogens is 1. The second kappa shape index (κ2) is 4.05. The van der Waals surface area contributed by atoms with Crippen molar-refractivity contribution in [2.24, 2.45) is 0 Å². The second-order valence-electron chi connectivity index (χ2n) is 5.84. The Bertz CT molecular complexity index is 604. The molecule has 2 rings (SSSR count). The van der Waals surface area contributed by atoms with Crippen molar-refractivity contribution in [3.63, 3.8) is 0 Å². The zero-order valence-electron chi connectivity index (χ0n) is 11.5. The summed E-state index contributed by atoms with van der Waals surface area (Å²) >= 11 is 0. The molecule has 0 radical (unpaired) electrons. The van der Waals surface area contributed by atoms with Gasteiger partial charge in [-0.05, 0) is 26.7 Å². The lowest BCUT2D eigenvalue weighted by Crippen LogP contribution is -2.27. The van der Waals surface area contributed by atoms with E-state index < -0.39 is 0 Å². The van der Waals surface area contributed by atoms with Gasteiger partial charge in [0, 0.05) is 5.54 Å². The molecule has 0 amide bonds. The number of nitrogens with one attached hydrogen (secondary N) is 2. The third-order valence-corrected chi connectivity index (χ3v) is 2.69. The molecule has 0 fully saturated rings. The SMILES string of the molecule is CC(C)c1[nH]c2c(C#N)ncn2c1NC(C)(C)C. The topological polar surface area (TPSA) is 68.9 Å². The maximum Gasteiger partial charge on any atom is 0.183 e. The van der Waals surface area contributed by atoms with E-state index in [0.29, 0.717) is 11.6 Å². The number of nitriles is 1. The van der Waals surface area contributed by atoms with Crippen LogP contribution in [0.15, 0.2) is 6.33 Å². The summed E-state index contributed by atoms with van der Waals surface area (Å²) in [6.07, 6.45) is 1.68. The lowest BCUT2D eigenvalue weighted by molar-refractivity contribution is 0.626. The molecule has 2 aromatic rings. The van der Waals surface area contributed by atoms with E-state index in [1.807, 2.05) is 4.40 Å². The van der Waals surface area contributed by atoms with Gasteiger partial charge in [-0.2, -0.15) is 5.26 Å². The van der Waals surface area contributed by atoms with Crippen LogP contribution in [0.2, 0.25) is 0 Å². The summed E-state index contributed by atoms with van der Waals surface area (Å²) in [6, 6.07) is 2.10. The zero-order chi connectivity index (χ0) is 13.5. The summed E-state index contributed by atoms with van der Waals surface area (Å²) in [5, 5.41) is 12.5. The number of hydrogen-bond acceptors (Lipinski definition) is 3. The van der Waals surface area contributed by atoms with E-state index in [0.717, 1.165) is 17.2 Å². The molecule has 5 heteroatoms. The van der Waals surface area contributed by atoms with Gasteiger partial charge in [0.15, 0.2) is 11.3 Å². The highest BCUT2D eigenvalue weighted by molar-refractivity contribution is 5.62. The van der Waals surface area contributed by atoms with Crippen molar-refractivity contribution in [2.75, 3.05) is 5.32 Å². The summed E-state index contributed by atoms with van der Waals surface area (Å²) in [5.74, 6) is 1.34. The molecule has 0 saturated heterocycles. The Balaban J connectivity index is 2.64. The first-order valence-electron chi connectivity index (χ1n) is 6.10. The lowest BCUT2D eigenvalue weighted by Gasteiger charge is -2.23. The Morgan fingerprint density at radius 2 is 2.11 bits per heavy atom. The minimum atomic E-state index is -0.0458. The second-order valence-corrected chi connectivity index (χ2v) is 5.84. The number of fused-ring (bicyclic) bond motifs is 1. The fraction of sp³-hybridized carbons (Fsp3) is 0.538. The van der Waals surface area contributed by atoms with E-state index in [9.17, 15) is 0 Å². The van der Waals surface area contributed by atoms with Crippen LogP contribution in [0.4, 0.5) is 5.82 Å². The van der Waals surface area contributed by atoms with Crippen LogP contribution < -0.4 is 5.32 Å². The molecule has 0 aromatic carbocycles. The summed E-state index contributed by atoms with van der Waals surface area (Å²) in [5.41, 5.74) is 2.24. The number of aromatic nitrogens is 3. The quantitative estimate of drug-likeness (QED) is 0.854. The average Bonchev–Trinajstić information content (AvgIpc) is 2.76. The molecule has 0 aliphatic rings. The Labute approximate surface area is 107 Å². The van der Waals surface area contributed by atoms with Gasteiger partial charge in [-0.3, -0.25) is 4.40 Å². The predicted octanol–water partition coefficient (Wildman–Crippen LogP) is 2.87. The molecule has 2 aromatic heterocycles. The maximum absolute atomic E-state index is 9.03. The fourth-order valence-electron chi connectivity index (χ4n) is 1.94. The van der Waals surface area contributed by atoms with Gasteiger partial charge in [0.05, 0.1) is 5.69 Å². The molecular formula is C13H19N5. The number of imidazole rings is 2. The zero-order valence-corrected chi connectivity index (χ0v) is 11.5. The molecule has 0 bridgehead atoms. The number of nitrogens with zero attached hydrogens (tertiary/aromatic N) is 3. The number of rotatable bonds is 2. The molecule has 0 spiro atoms. The number of anilines is 1. The fourth-order valence-corrected chi connectivity index (χ4v) is 1.94. The van der Waals surface area contributed by atoms with Crippen molar-refractivity contribution in [1.29, 1.82) is 5.26 Å². The van der Waals surface area contributed by atoms with E-state index >= 15 is 0 Å². The Hall–Kier alpha value is -1.96. The van der Waals surface area contributed by atoms with Crippen LogP contribution in [0.1, 0.15) is 51.9 Å². The van der Waals surface area contributed by atoms with Gasteiger partial charge in [-0.1, -0.05) is 13.8 Å². The first-order valence-corrected chi connectivity index (χ1v) is 6.10. The van der Waals surface area contributed by atoms with Crippen molar-refractivity contribution >= 4 is 11.5 Å². The molecule has 2 N–H and O–H groups in total. The average molecular weight is 245 g/mol. The first kappa shape index (κ1) is 12.5. The van der Waals surface area contributed by atoms with Crippen LogP contribution in [0, 0.1) is 11.3 Å². The molecule has 5 nitrogen and oxygen atoms in total. The minimum Gasteiger partial charge on any atom is -0.365 e. The Kier molecular flexibility index (Phi) is 2.81. The molecule has 96 valence electrons. The van der Waals surface area contributed by atoms with Crippen LogP contribution in [-0.2, 0) is 0 Å². The van der Waals surface area contributed by atoms with Crippen LogP contribution in [0.5, 0.6) is 0 Å². The predicted molar refractivity (Wildman–Crippen MR) is 71.7 cm³/mol. The number of aromatic amines is 1. The Morgan fingerprint density at radius 3 is 2.61 bits per heavy atom. The molecule has 0 aliphatic carbocycles. The molecular weight excluding hydrogens is 226 g/mol. The van der Waals surface area contributed by atoms with E-state index in [1.54, 1.807) is 6.33 Å². The van der Waals surface area contributed by atoms with Gasteiger partial charge in [-0.25, -0.2) is 4.98 Å². The monoisotopic (exact) mass is 245 g/mol. The maximum atomic E-state index is 9.03. The van der Waals surface area contributed by atoms with Crippen molar-refractivity contribution in [1.82, 2.24) is 14.4 Å². The third kappa shape index (κ3) is 2.06. The van der Waals surface area contributed by atoms with Crippen molar-refractivity contribution in [3.8, 4) is 6.07 Å². The smallest absolute Gasteiger partial charge is 0.183 e. The molecule has 18 heavy (non-hydrogen) atoms. The van der Waals surface area contributed by atoms with Gasteiger partial charge in [0.25, 0.3) is 0 Å². The first-order chi connectivity index (χ1) is 8.33. The van der Waals surface area contributed by atoms with Gasteiger partial charge in [0.1, 0.15) is 18.2 Å². The van der Waals surface area contributed by atoms with E-state index in [1.165, 1.54) is 0 Å². The van der Waals surface area contributed by atoms with Crippen molar-refractivity contribution in [3.05, 3.63) is 17.7 Å². The molecule has 2 heterocycles. The van der Waals surface area contributed by atoms with Crippen molar-refractivity contribution < 1.29 is 0 Å². The van der Waals surface area contributed by atoms with E-state index in [2.05, 4.69) is 56.0 Å². The lowest BCUT2D eigenvalue weighted by atomic mass is 10.1. The summed E-state index contributed by atoms with van der Waals surface area (Å²) in [4.78, 5) is 7.40. The highest BCUT2D eigenvalue weighted by Gasteiger charge is 2.21. The summed E-state index contributed by atoms with van der Waals surface area (Å²) in [7, 11) is 0. The summed E-state index contributed by atoms with van der Waals surface area (Å²) < 4.78 is 1.92. The third-order valence-electron chi connectivity index (χ3n) is 2.69. The van der Waals surface area contributed by atoms with Crippen LogP contribution in [-0.4, -0.2) is 19.9 Å². The van der Waals surface area contributed by atoms with E-state index in [4.69, 9.17) is 5.26 Å². The molecule has 0 unspecified atom stereocenters. The van der Waals surface area contributed by atoms with Gasteiger partial charge < -0.3 is 10.3 Å². The van der Waals surface area contributed by atoms with Crippen LogP contribution in [0.3, 0.4) is 0 Å².